The SMILES string of the molecule is CSCCCNC(=O)c1cccc(Cl)c1[N+](=O)[O-]. The smallest absolute Gasteiger partial charge is 0.300 e. The zero-order valence-electron chi connectivity index (χ0n) is 9.81. The first-order chi connectivity index (χ1) is 8.57. The number of carbonyl (C=O) groups is 1. The van der Waals surface area contributed by atoms with Crippen molar-refractivity contribution in [3.05, 3.63) is 38.9 Å². The number of nitro groups is 1. The van der Waals surface area contributed by atoms with Gasteiger partial charge in [-0.1, -0.05) is 17.7 Å². The number of carbonyl (C=O) groups excluding carboxylic acids is 1. The fraction of sp³-hybridized carbons (Fsp3) is 0.364. The van der Waals surface area contributed by atoms with E-state index in [1.807, 2.05) is 6.26 Å². The van der Waals surface area contributed by atoms with Crippen LogP contribution >= 0.6 is 23.4 Å². The van der Waals surface area contributed by atoms with Gasteiger partial charge in [-0.3, -0.25) is 14.9 Å². The lowest BCUT2D eigenvalue weighted by Crippen LogP contribution is -2.25. The van der Waals surface area contributed by atoms with Gasteiger partial charge in [-0.2, -0.15) is 11.8 Å². The number of rotatable bonds is 6. The fourth-order valence-corrected chi connectivity index (χ4v) is 2.07. The van der Waals surface area contributed by atoms with E-state index in [2.05, 4.69) is 5.32 Å². The van der Waals surface area contributed by atoms with Crippen molar-refractivity contribution in [1.82, 2.24) is 5.32 Å². The maximum absolute atomic E-state index is 11.8. The maximum atomic E-state index is 11.8. The lowest BCUT2D eigenvalue weighted by molar-refractivity contribution is -0.385. The van der Waals surface area contributed by atoms with Gasteiger partial charge in [-0.15, -0.1) is 0 Å². The van der Waals surface area contributed by atoms with Crippen LogP contribution in [0.1, 0.15) is 16.8 Å². The molecular weight excluding hydrogens is 276 g/mol. The molecule has 1 amide bonds. The molecule has 0 spiro atoms. The van der Waals surface area contributed by atoms with Crippen molar-refractivity contribution >= 4 is 35.0 Å². The molecule has 1 N–H and O–H groups in total. The summed E-state index contributed by atoms with van der Waals surface area (Å²) in [5, 5.41) is 13.5. The van der Waals surface area contributed by atoms with Gasteiger partial charge < -0.3 is 5.32 Å². The number of para-hydroxylation sites is 1. The van der Waals surface area contributed by atoms with Crippen LogP contribution < -0.4 is 5.32 Å². The summed E-state index contributed by atoms with van der Waals surface area (Å²) in [6.45, 7) is 0.489. The molecule has 1 aromatic rings. The van der Waals surface area contributed by atoms with Gasteiger partial charge in [-0.25, -0.2) is 0 Å². The summed E-state index contributed by atoms with van der Waals surface area (Å²) < 4.78 is 0. The van der Waals surface area contributed by atoms with E-state index in [9.17, 15) is 14.9 Å². The van der Waals surface area contributed by atoms with Crippen LogP contribution in [0.25, 0.3) is 0 Å². The predicted octanol–water partition coefficient (Wildman–Crippen LogP) is 2.73. The first kappa shape index (κ1) is 14.8. The molecule has 0 saturated carbocycles. The van der Waals surface area contributed by atoms with E-state index in [0.717, 1.165) is 12.2 Å². The van der Waals surface area contributed by atoms with E-state index in [-0.39, 0.29) is 16.3 Å². The topological polar surface area (TPSA) is 72.2 Å². The number of benzene rings is 1. The van der Waals surface area contributed by atoms with E-state index in [4.69, 9.17) is 11.6 Å². The third-order valence-electron chi connectivity index (χ3n) is 2.22. The Hall–Kier alpha value is -1.27. The minimum absolute atomic E-state index is 0.00310. The van der Waals surface area contributed by atoms with Gasteiger partial charge in [0.25, 0.3) is 5.91 Å². The van der Waals surface area contributed by atoms with E-state index < -0.39 is 10.8 Å². The zero-order chi connectivity index (χ0) is 13.5. The molecule has 0 aliphatic heterocycles. The van der Waals surface area contributed by atoms with Crippen molar-refractivity contribution in [3.63, 3.8) is 0 Å². The molecule has 0 saturated heterocycles. The molecule has 0 bridgehead atoms. The van der Waals surface area contributed by atoms with Crippen molar-refractivity contribution < 1.29 is 9.72 Å². The monoisotopic (exact) mass is 288 g/mol. The van der Waals surface area contributed by atoms with Crippen LogP contribution in [0.5, 0.6) is 0 Å². The summed E-state index contributed by atoms with van der Waals surface area (Å²) in [7, 11) is 0. The molecule has 0 atom stereocenters. The first-order valence-corrected chi connectivity index (χ1v) is 7.05. The number of amides is 1. The number of nitrogens with one attached hydrogen (secondary N) is 1. The number of hydrogen-bond acceptors (Lipinski definition) is 4. The minimum atomic E-state index is -0.640. The second-order valence-corrected chi connectivity index (χ2v) is 4.89. The Morgan fingerprint density at radius 2 is 2.28 bits per heavy atom. The molecule has 1 rings (SSSR count). The average Bonchev–Trinajstić information content (AvgIpc) is 2.33. The highest BCUT2D eigenvalue weighted by atomic mass is 35.5. The molecule has 98 valence electrons. The molecule has 0 aromatic heterocycles. The zero-order valence-corrected chi connectivity index (χ0v) is 11.4. The standard InChI is InChI=1S/C11H13ClN2O3S/c1-18-7-3-6-13-11(15)8-4-2-5-9(12)10(8)14(16)17/h2,4-5H,3,6-7H2,1H3,(H,13,15). The van der Waals surface area contributed by atoms with Gasteiger partial charge >= 0.3 is 5.69 Å². The van der Waals surface area contributed by atoms with E-state index in [1.165, 1.54) is 18.2 Å². The summed E-state index contributed by atoms with van der Waals surface area (Å²) in [5.41, 5.74) is -0.349. The fourth-order valence-electron chi connectivity index (χ4n) is 1.40. The van der Waals surface area contributed by atoms with Gasteiger partial charge in [0.2, 0.25) is 0 Å². The number of thioether (sulfide) groups is 1. The van der Waals surface area contributed by atoms with Gasteiger partial charge in [-0.05, 0) is 30.6 Å². The van der Waals surface area contributed by atoms with Crippen molar-refractivity contribution in [1.29, 1.82) is 0 Å². The first-order valence-electron chi connectivity index (χ1n) is 5.28. The number of nitro benzene ring substituents is 1. The Kier molecular flexibility index (Phi) is 5.94. The molecule has 0 radical (unpaired) electrons. The molecule has 0 aliphatic carbocycles. The maximum Gasteiger partial charge on any atom is 0.300 e. The Balaban J connectivity index is 2.79. The molecule has 18 heavy (non-hydrogen) atoms. The third kappa shape index (κ3) is 3.89. The van der Waals surface area contributed by atoms with Crippen LogP contribution in [0.3, 0.4) is 0 Å². The highest BCUT2D eigenvalue weighted by molar-refractivity contribution is 7.98. The molecule has 1 aromatic carbocycles. The van der Waals surface area contributed by atoms with Crippen LogP contribution in [0.2, 0.25) is 5.02 Å². The minimum Gasteiger partial charge on any atom is -0.352 e. The lowest BCUT2D eigenvalue weighted by atomic mass is 10.1. The van der Waals surface area contributed by atoms with Gasteiger partial charge in [0, 0.05) is 6.54 Å². The Morgan fingerprint density at radius 3 is 2.89 bits per heavy atom. The summed E-state index contributed by atoms with van der Waals surface area (Å²) >= 11 is 7.41. The van der Waals surface area contributed by atoms with Crippen LogP contribution in [0, 0.1) is 10.1 Å². The molecular formula is C11H13ClN2O3S. The largest absolute Gasteiger partial charge is 0.352 e. The normalized spacial score (nSPS) is 10.1. The second-order valence-electron chi connectivity index (χ2n) is 3.50. The molecule has 0 fully saturated rings. The van der Waals surface area contributed by atoms with Gasteiger partial charge in [0.1, 0.15) is 10.6 Å². The Labute approximate surface area is 114 Å². The van der Waals surface area contributed by atoms with Crippen LogP contribution in [-0.2, 0) is 0 Å². The highest BCUT2D eigenvalue weighted by Gasteiger charge is 2.23. The second kappa shape index (κ2) is 7.23. The highest BCUT2D eigenvalue weighted by Crippen LogP contribution is 2.27. The van der Waals surface area contributed by atoms with Gasteiger partial charge in [0.15, 0.2) is 0 Å². The Morgan fingerprint density at radius 1 is 1.56 bits per heavy atom. The molecule has 0 heterocycles. The lowest BCUT2D eigenvalue weighted by Gasteiger charge is -2.06. The van der Waals surface area contributed by atoms with E-state index in [1.54, 1.807) is 11.8 Å². The molecule has 7 heteroatoms. The van der Waals surface area contributed by atoms with Crippen molar-refractivity contribution in [3.8, 4) is 0 Å². The van der Waals surface area contributed by atoms with Crippen molar-refractivity contribution in [2.75, 3.05) is 18.6 Å². The quantitative estimate of drug-likeness (QED) is 0.496. The van der Waals surface area contributed by atoms with Gasteiger partial charge in [0.05, 0.1) is 4.92 Å². The van der Waals surface area contributed by atoms with Crippen molar-refractivity contribution in [2.45, 2.75) is 6.42 Å². The van der Waals surface area contributed by atoms with Crippen LogP contribution in [0.15, 0.2) is 18.2 Å². The average molecular weight is 289 g/mol. The molecule has 0 unspecified atom stereocenters. The summed E-state index contributed by atoms with van der Waals surface area (Å²) in [6.07, 6.45) is 2.80. The predicted molar refractivity (Wildman–Crippen MR) is 73.4 cm³/mol. The summed E-state index contributed by atoms with van der Waals surface area (Å²) in [4.78, 5) is 22.0. The van der Waals surface area contributed by atoms with E-state index >= 15 is 0 Å². The van der Waals surface area contributed by atoms with Crippen LogP contribution in [-0.4, -0.2) is 29.4 Å². The molecule has 0 aliphatic rings. The number of hydrogen-bond donors (Lipinski definition) is 1. The number of halogens is 1. The summed E-state index contributed by atoms with van der Waals surface area (Å²) in [6, 6.07) is 4.31. The molecule has 5 nitrogen and oxygen atoms in total. The summed E-state index contributed by atoms with van der Waals surface area (Å²) in [5.74, 6) is 0.461. The van der Waals surface area contributed by atoms with Crippen molar-refractivity contribution in [2.24, 2.45) is 0 Å². The van der Waals surface area contributed by atoms with E-state index in [0.29, 0.717) is 6.54 Å². The number of nitrogens with zero attached hydrogens (tertiary/aromatic N) is 1. The Bertz CT molecular complexity index is 454. The van der Waals surface area contributed by atoms with Crippen LogP contribution in [0.4, 0.5) is 5.69 Å². The third-order valence-corrected chi connectivity index (χ3v) is 3.23.